The molecule has 6 nitrogen and oxygen atoms in total. The normalized spacial score (nSPS) is 25.7. The first-order chi connectivity index (χ1) is 15.3. The second kappa shape index (κ2) is 9.39. The molecule has 2 saturated carbocycles. The number of Topliss-reactive ketones (excluding diaryl/α,β-unsaturated/α-hetero) is 2. The second-order valence-electron chi connectivity index (χ2n) is 9.73. The first-order valence-corrected chi connectivity index (χ1v) is 11.7. The van der Waals surface area contributed by atoms with Gasteiger partial charge in [0.25, 0.3) is 5.91 Å². The topological polar surface area (TPSA) is 97.5 Å². The first kappa shape index (κ1) is 22.4. The Morgan fingerprint density at radius 1 is 1.09 bits per heavy atom. The average molecular weight is 437 g/mol. The minimum absolute atomic E-state index is 0.0298. The number of fused-ring (bicyclic) bond motifs is 1. The molecule has 1 aromatic rings. The van der Waals surface area contributed by atoms with Crippen molar-refractivity contribution in [3.8, 4) is 0 Å². The van der Waals surface area contributed by atoms with E-state index in [1.54, 1.807) is 4.90 Å². The van der Waals surface area contributed by atoms with Gasteiger partial charge < -0.3 is 10.6 Å². The molecule has 0 saturated heterocycles. The van der Waals surface area contributed by atoms with Gasteiger partial charge in [-0.2, -0.15) is 0 Å². The second-order valence-corrected chi connectivity index (χ2v) is 9.73. The molecule has 170 valence electrons. The molecule has 2 N–H and O–H groups in total. The van der Waals surface area contributed by atoms with Crippen molar-refractivity contribution in [2.24, 2.45) is 17.6 Å². The molecule has 0 aromatic heterocycles. The Balaban J connectivity index is 1.30. The van der Waals surface area contributed by atoms with Crippen molar-refractivity contribution in [3.63, 3.8) is 0 Å². The summed E-state index contributed by atoms with van der Waals surface area (Å²) in [5, 5.41) is 0. The van der Waals surface area contributed by atoms with Crippen LogP contribution in [0.4, 0.5) is 0 Å². The molecule has 3 aliphatic rings. The maximum atomic E-state index is 12.9. The van der Waals surface area contributed by atoms with Crippen LogP contribution in [-0.4, -0.2) is 34.3 Å². The van der Waals surface area contributed by atoms with Crippen molar-refractivity contribution in [3.05, 3.63) is 47.0 Å². The minimum Gasteiger partial charge on any atom is -0.369 e. The Labute approximate surface area is 189 Å². The Morgan fingerprint density at radius 2 is 1.84 bits per heavy atom. The smallest absolute Gasteiger partial charge is 0.255 e. The third-order valence-electron chi connectivity index (χ3n) is 7.40. The van der Waals surface area contributed by atoms with Crippen molar-refractivity contribution in [2.45, 2.75) is 76.8 Å². The number of carbonyl (C=O) groups is 4. The van der Waals surface area contributed by atoms with Gasteiger partial charge in [0.1, 0.15) is 5.78 Å². The predicted octanol–water partition coefficient (Wildman–Crippen LogP) is 3.50. The number of primary amides is 1. The van der Waals surface area contributed by atoms with E-state index >= 15 is 0 Å². The maximum Gasteiger partial charge on any atom is 0.255 e. The number of benzene rings is 1. The lowest BCUT2D eigenvalue weighted by Gasteiger charge is -2.30. The van der Waals surface area contributed by atoms with Crippen LogP contribution < -0.4 is 5.73 Å². The van der Waals surface area contributed by atoms with E-state index in [1.807, 2.05) is 18.2 Å². The summed E-state index contributed by atoms with van der Waals surface area (Å²) in [6, 6.07) is 5.44. The number of hydrogen-bond acceptors (Lipinski definition) is 4. The number of rotatable bonds is 7. The largest absolute Gasteiger partial charge is 0.369 e. The maximum absolute atomic E-state index is 12.9. The first-order valence-electron chi connectivity index (χ1n) is 11.7. The highest BCUT2D eigenvalue weighted by Crippen LogP contribution is 2.33. The number of carbonyl (C=O) groups excluding carboxylic acids is 4. The van der Waals surface area contributed by atoms with Gasteiger partial charge in [0.2, 0.25) is 5.91 Å². The van der Waals surface area contributed by atoms with E-state index in [0.29, 0.717) is 50.1 Å². The molecular weight excluding hydrogens is 404 g/mol. The molecule has 1 heterocycles. The standard InChI is InChI=1S/C26H32N2O4/c1-16-2-11-23(24(30)12-16)28-15-20-13-17(6-10-22(20)26(28)32)5-9-21(29)14-18-3-7-19(8-4-18)25(27)31/h6,10,13,18-19,23H,1-5,7-9,11-12,14-15H2,(H2,27,31). The van der Waals surface area contributed by atoms with Crippen LogP contribution >= 0.6 is 0 Å². The molecule has 32 heavy (non-hydrogen) atoms. The number of nitrogens with zero attached hydrogens (tertiary/aromatic N) is 1. The van der Waals surface area contributed by atoms with Crippen LogP contribution in [0.2, 0.25) is 0 Å². The zero-order chi connectivity index (χ0) is 22.8. The van der Waals surface area contributed by atoms with Gasteiger partial charge in [-0.25, -0.2) is 0 Å². The van der Waals surface area contributed by atoms with E-state index in [2.05, 4.69) is 6.58 Å². The van der Waals surface area contributed by atoms with E-state index in [9.17, 15) is 19.2 Å². The molecule has 1 unspecified atom stereocenters. The Bertz CT molecular complexity index is 959. The van der Waals surface area contributed by atoms with Gasteiger partial charge in [-0.1, -0.05) is 24.3 Å². The predicted molar refractivity (Wildman–Crippen MR) is 121 cm³/mol. The fourth-order valence-corrected chi connectivity index (χ4v) is 5.45. The lowest BCUT2D eigenvalue weighted by atomic mass is 9.79. The quantitative estimate of drug-likeness (QED) is 0.662. The highest BCUT2D eigenvalue weighted by atomic mass is 16.2. The molecule has 4 rings (SSSR count). The van der Waals surface area contributed by atoms with Gasteiger partial charge in [-0.3, -0.25) is 19.2 Å². The van der Waals surface area contributed by atoms with Crippen molar-refractivity contribution in [1.29, 1.82) is 0 Å². The Kier molecular flexibility index (Phi) is 6.58. The highest BCUT2D eigenvalue weighted by Gasteiger charge is 2.37. The van der Waals surface area contributed by atoms with Crippen molar-refractivity contribution in [2.75, 3.05) is 0 Å². The molecule has 2 amide bonds. The molecule has 1 aliphatic heterocycles. The van der Waals surface area contributed by atoms with E-state index in [1.165, 1.54) is 0 Å². The van der Waals surface area contributed by atoms with Crippen molar-refractivity contribution < 1.29 is 19.2 Å². The van der Waals surface area contributed by atoms with E-state index in [-0.39, 0.29) is 35.3 Å². The number of aryl methyl sites for hydroxylation is 1. The molecule has 2 aliphatic carbocycles. The zero-order valence-electron chi connectivity index (χ0n) is 18.6. The molecule has 0 radical (unpaired) electrons. The van der Waals surface area contributed by atoms with Crippen LogP contribution in [0.5, 0.6) is 0 Å². The molecule has 2 fully saturated rings. The molecule has 6 heteroatoms. The lowest BCUT2D eigenvalue weighted by Crippen LogP contribution is -2.43. The summed E-state index contributed by atoms with van der Waals surface area (Å²) in [5.41, 5.74) is 9.00. The minimum atomic E-state index is -0.352. The third kappa shape index (κ3) is 4.84. The number of allylic oxidation sites excluding steroid dienone is 1. The van der Waals surface area contributed by atoms with Crippen molar-refractivity contribution >= 4 is 23.4 Å². The summed E-state index contributed by atoms with van der Waals surface area (Å²) in [5.74, 6) is 0.366. The van der Waals surface area contributed by atoms with Gasteiger partial charge in [0, 0.05) is 37.3 Å². The SMILES string of the molecule is C=C1CCC(N2Cc3cc(CCC(=O)CC4CCC(C(N)=O)CC4)ccc3C2=O)C(=O)C1. The van der Waals surface area contributed by atoms with Gasteiger partial charge in [0.05, 0.1) is 6.04 Å². The number of nitrogens with two attached hydrogens (primary N) is 1. The summed E-state index contributed by atoms with van der Waals surface area (Å²) < 4.78 is 0. The van der Waals surface area contributed by atoms with Crippen molar-refractivity contribution in [1.82, 2.24) is 4.90 Å². The van der Waals surface area contributed by atoms with Gasteiger partial charge in [0.15, 0.2) is 5.78 Å². The Morgan fingerprint density at radius 3 is 2.53 bits per heavy atom. The molecule has 1 aromatic carbocycles. The van der Waals surface area contributed by atoms with Crippen LogP contribution in [0, 0.1) is 11.8 Å². The third-order valence-corrected chi connectivity index (χ3v) is 7.40. The summed E-state index contributed by atoms with van der Waals surface area (Å²) in [4.78, 5) is 50.8. The van der Waals surface area contributed by atoms with Gasteiger partial charge in [-0.05, 0) is 68.1 Å². The fourth-order valence-electron chi connectivity index (χ4n) is 5.45. The van der Waals surface area contributed by atoms with Crippen LogP contribution in [-0.2, 0) is 27.3 Å². The Hall–Kier alpha value is -2.76. The number of ketones is 2. The number of amides is 2. The monoisotopic (exact) mass is 436 g/mol. The van der Waals surface area contributed by atoms with E-state index in [0.717, 1.165) is 48.8 Å². The lowest BCUT2D eigenvalue weighted by molar-refractivity contribution is -0.124. The van der Waals surface area contributed by atoms with E-state index in [4.69, 9.17) is 5.73 Å². The van der Waals surface area contributed by atoms with Crippen LogP contribution in [0.15, 0.2) is 30.4 Å². The van der Waals surface area contributed by atoms with Crippen LogP contribution in [0.25, 0.3) is 0 Å². The highest BCUT2D eigenvalue weighted by molar-refractivity contribution is 6.02. The molecule has 0 spiro atoms. The summed E-state index contributed by atoms with van der Waals surface area (Å²) in [7, 11) is 0. The fraction of sp³-hybridized carbons (Fsp3) is 0.538. The molecule has 0 bridgehead atoms. The molecular formula is C26H32N2O4. The summed E-state index contributed by atoms with van der Waals surface area (Å²) >= 11 is 0. The van der Waals surface area contributed by atoms with Gasteiger partial charge >= 0.3 is 0 Å². The van der Waals surface area contributed by atoms with Gasteiger partial charge in [-0.15, -0.1) is 0 Å². The van der Waals surface area contributed by atoms with Crippen LogP contribution in [0.1, 0.15) is 79.3 Å². The van der Waals surface area contributed by atoms with Crippen LogP contribution in [0.3, 0.4) is 0 Å². The summed E-state index contributed by atoms with van der Waals surface area (Å²) in [6.07, 6.45) is 6.87. The summed E-state index contributed by atoms with van der Waals surface area (Å²) in [6.45, 7) is 4.37. The van der Waals surface area contributed by atoms with E-state index < -0.39 is 0 Å². The zero-order valence-corrected chi connectivity index (χ0v) is 18.6. The molecule has 1 atom stereocenters. The average Bonchev–Trinajstić information content (AvgIpc) is 3.08. The number of hydrogen-bond donors (Lipinski definition) is 1.